The maximum Gasteiger partial charge on any atom is 0.234 e. The SMILES string of the molecule is CCOc1ccc(NC(=O)CSCC(=O)NC2CCCC2)cc1. The van der Waals surface area contributed by atoms with Crippen molar-refractivity contribution in [3.8, 4) is 5.75 Å². The number of hydrogen-bond donors (Lipinski definition) is 2. The van der Waals surface area contributed by atoms with Crippen LogP contribution in [-0.4, -0.2) is 36.0 Å². The van der Waals surface area contributed by atoms with Gasteiger partial charge in [0.1, 0.15) is 5.75 Å². The largest absolute Gasteiger partial charge is 0.494 e. The summed E-state index contributed by atoms with van der Waals surface area (Å²) in [5, 5.41) is 5.83. The highest BCUT2D eigenvalue weighted by Crippen LogP contribution is 2.18. The maximum atomic E-state index is 11.9. The molecule has 1 saturated carbocycles. The lowest BCUT2D eigenvalue weighted by molar-refractivity contribution is -0.119. The molecular formula is C17H24N2O3S. The van der Waals surface area contributed by atoms with Crippen LogP contribution in [0.4, 0.5) is 5.69 Å². The molecule has 2 rings (SSSR count). The summed E-state index contributed by atoms with van der Waals surface area (Å²) < 4.78 is 5.35. The first-order chi connectivity index (χ1) is 11.2. The van der Waals surface area contributed by atoms with Crippen molar-refractivity contribution in [3.63, 3.8) is 0 Å². The Hall–Kier alpha value is -1.69. The van der Waals surface area contributed by atoms with Gasteiger partial charge in [-0.05, 0) is 44.0 Å². The molecular weight excluding hydrogens is 312 g/mol. The van der Waals surface area contributed by atoms with Gasteiger partial charge < -0.3 is 15.4 Å². The number of hydrogen-bond acceptors (Lipinski definition) is 4. The number of thioether (sulfide) groups is 1. The van der Waals surface area contributed by atoms with Gasteiger partial charge in [-0.25, -0.2) is 0 Å². The van der Waals surface area contributed by atoms with Crippen molar-refractivity contribution in [2.75, 3.05) is 23.4 Å². The second-order valence-electron chi connectivity index (χ2n) is 5.55. The zero-order valence-corrected chi connectivity index (χ0v) is 14.3. The first-order valence-corrected chi connectivity index (χ1v) is 9.22. The summed E-state index contributed by atoms with van der Waals surface area (Å²) in [6.45, 7) is 2.54. The van der Waals surface area contributed by atoms with Gasteiger partial charge in [-0.15, -0.1) is 11.8 Å². The predicted octanol–water partition coefficient (Wildman–Crippen LogP) is 2.82. The van der Waals surface area contributed by atoms with E-state index in [4.69, 9.17) is 4.74 Å². The van der Waals surface area contributed by atoms with Gasteiger partial charge in [0.05, 0.1) is 18.1 Å². The van der Waals surface area contributed by atoms with Crippen LogP contribution in [0, 0.1) is 0 Å². The molecule has 0 heterocycles. The summed E-state index contributed by atoms with van der Waals surface area (Å²) in [7, 11) is 0. The van der Waals surface area contributed by atoms with E-state index in [1.165, 1.54) is 24.6 Å². The molecule has 6 heteroatoms. The third-order valence-electron chi connectivity index (χ3n) is 3.64. The first kappa shape index (κ1) is 17.7. The molecule has 1 aliphatic carbocycles. The minimum atomic E-state index is -0.104. The van der Waals surface area contributed by atoms with Gasteiger partial charge in [-0.1, -0.05) is 12.8 Å². The number of anilines is 1. The lowest BCUT2D eigenvalue weighted by atomic mass is 10.2. The molecule has 23 heavy (non-hydrogen) atoms. The van der Waals surface area contributed by atoms with Crippen LogP contribution in [0.25, 0.3) is 0 Å². The summed E-state index contributed by atoms with van der Waals surface area (Å²) in [6, 6.07) is 7.59. The van der Waals surface area contributed by atoms with Crippen LogP contribution < -0.4 is 15.4 Å². The molecule has 126 valence electrons. The van der Waals surface area contributed by atoms with Gasteiger partial charge in [0.25, 0.3) is 0 Å². The van der Waals surface area contributed by atoms with Gasteiger partial charge in [0.15, 0.2) is 0 Å². The van der Waals surface area contributed by atoms with E-state index in [0.717, 1.165) is 24.3 Å². The number of carbonyl (C=O) groups excluding carboxylic acids is 2. The zero-order chi connectivity index (χ0) is 16.5. The number of amides is 2. The van der Waals surface area contributed by atoms with Gasteiger partial charge in [0.2, 0.25) is 11.8 Å². The van der Waals surface area contributed by atoms with Crippen molar-refractivity contribution in [1.82, 2.24) is 5.32 Å². The van der Waals surface area contributed by atoms with Gasteiger partial charge in [-0.3, -0.25) is 9.59 Å². The van der Waals surface area contributed by atoms with Gasteiger partial charge >= 0.3 is 0 Å². The molecule has 0 unspecified atom stereocenters. The Morgan fingerprint density at radius 1 is 1.13 bits per heavy atom. The Morgan fingerprint density at radius 3 is 2.43 bits per heavy atom. The monoisotopic (exact) mass is 336 g/mol. The van der Waals surface area contributed by atoms with Crippen LogP contribution in [0.3, 0.4) is 0 Å². The second kappa shape index (κ2) is 9.45. The van der Waals surface area contributed by atoms with Crippen molar-refractivity contribution >= 4 is 29.3 Å². The van der Waals surface area contributed by atoms with E-state index < -0.39 is 0 Å². The quantitative estimate of drug-likeness (QED) is 0.766. The molecule has 0 radical (unpaired) electrons. The van der Waals surface area contributed by atoms with Crippen LogP contribution in [0.5, 0.6) is 5.75 Å². The Kier molecular flexibility index (Phi) is 7.26. The number of ether oxygens (including phenoxy) is 1. The van der Waals surface area contributed by atoms with Crippen molar-refractivity contribution in [1.29, 1.82) is 0 Å². The lowest BCUT2D eigenvalue weighted by Gasteiger charge is -2.11. The third kappa shape index (κ3) is 6.52. The smallest absolute Gasteiger partial charge is 0.234 e. The van der Waals surface area contributed by atoms with Crippen molar-refractivity contribution in [2.45, 2.75) is 38.6 Å². The topological polar surface area (TPSA) is 67.4 Å². The van der Waals surface area contributed by atoms with E-state index in [-0.39, 0.29) is 17.6 Å². The molecule has 5 nitrogen and oxygen atoms in total. The normalized spacial score (nSPS) is 14.5. The Balaban J connectivity index is 1.63. The molecule has 2 amide bonds. The molecule has 1 fully saturated rings. The predicted molar refractivity (Wildman–Crippen MR) is 94.0 cm³/mol. The molecule has 1 aromatic carbocycles. The summed E-state index contributed by atoms with van der Waals surface area (Å²) in [4.78, 5) is 23.6. The summed E-state index contributed by atoms with van der Waals surface area (Å²) in [5.41, 5.74) is 0.731. The number of benzene rings is 1. The Morgan fingerprint density at radius 2 is 1.78 bits per heavy atom. The van der Waals surface area contributed by atoms with E-state index in [1.54, 1.807) is 12.1 Å². The van der Waals surface area contributed by atoms with E-state index >= 15 is 0 Å². The van der Waals surface area contributed by atoms with Crippen LogP contribution in [-0.2, 0) is 9.59 Å². The average molecular weight is 336 g/mol. The fraction of sp³-hybridized carbons (Fsp3) is 0.529. The molecule has 0 aromatic heterocycles. The molecule has 0 aliphatic heterocycles. The van der Waals surface area contributed by atoms with Crippen LogP contribution in [0.1, 0.15) is 32.6 Å². The Bertz CT molecular complexity index is 513. The van der Waals surface area contributed by atoms with Crippen molar-refractivity contribution in [2.24, 2.45) is 0 Å². The minimum absolute atomic E-state index is 0.0239. The first-order valence-electron chi connectivity index (χ1n) is 8.07. The fourth-order valence-corrected chi connectivity index (χ4v) is 3.20. The van der Waals surface area contributed by atoms with E-state index in [9.17, 15) is 9.59 Å². The Labute approximate surface area is 141 Å². The molecule has 0 saturated heterocycles. The van der Waals surface area contributed by atoms with E-state index in [2.05, 4.69) is 10.6 Å². The third-order valence-corrected chi connectivity index (χ3v) is 4.57. The highest BCUT2D eigenvalue weighted by atomic mass is 32.2. The standard InChI is InChI=1S/C17H24N2O3S/c1-2-22-15-9-7-14(8-10-15)19-17(21)12-23-11-16(20)18-13-5-3-4-6-13/h7-10,13H,2-6,11-12H2,1H3,(H,18,20)(H,19,21). The van der Waals surface area contributed by atoms with Gasteiger partial charge in [-0.2, -0.15) is 0 Å². The molecule has 0 spiro atoms. The lowest BCUT2D eigenvalue weighted by Crippen LogP contribution is -2.34. The molecule has 2 N–H and O–H groups in total. The fourth-order valence-electron chi connectivity index (χ4n) is 2.57. The highest BCUT2D eigenvalue weighted by molar-refractivity contribution is 8.00. The summed E-state index contributed by atoms with van der Waals surface area (Å²) in [5.74, 6) is 1.30. The average Bonchev–Trinajstić information content (AvgIpc) is 3.02. The van der Waals surface area contributed by atoms with Crippen molar-refractivity contribution < 1.29 is 14.3 Å². The van der Waals surface area contributed by atoms with Gasteiger partial charge in [0, 0.05) is 11.7 Å². The maximum absolute atomic E-state index is 11.9. The summed E-state index contributed by atoms with van der Waals surface area (Å²) >= 11 is 1.33. The van der Waals surface area contributed by atoms with Crippen LogP contribution >= 0.6 is 11.8 Å². The zero-order valence-electron chi connectivity index (χ0n) is 13.5. The van der Waals surface area contributed by atoms with E-state index in [1.807, 2.05) is 19.1 Å². The molecule has 0 atom stereocenters. The number of carbonyl (C=O) groups is 2. The van der Waals surface area contributed by atoms with Crippen LogP contribution in [0.2, 0.25) is 0 Å². The minimum Gasteiger partial charge on any atom is -0.494 e. The van der Waals surface area contributed by atoms with Crippen molar-refractivity contribution in [3.05, 3.63) is 24.3 Å². The number of nitrogens with one attached hydrogen (secondary N) is 2. The number of rotatable bonds is 8. The molecule has 1 aliphatic rings. The molecule has 1 aromatic rings. The molecule has 0 bridgehead atoms. The van der Waals surface area contributed by atoms with E-state index in [0.29, 0.717) is 18.4 Å². The second-order valence-corrected chi connectivity index (χ2v) is 6.53. The highest BCUT2D eigenvalue weighted by Gasteiger charge is 2.17. The van der Waals surface area contributed by atoms with Crippen LogP contribution in [0.15, 0.2) is 24.3 Å². The summed E-state index contributed by atoms with van der Waals surface area (Å²) in [6.07, 6.45) is 4.55.